The highest BCUT2D eigenvalue weighted by Crippen LogP contribution is 2.21. The molecule has 0 aliphatic rings. The van der Waals surface area contributed by atoms with E-state index in [1.54, 1.807) is 0 Å². The fourth-order valence-corrected chi connectivity index (χ4v) is 3.02. The lowest BCUT2D eigenvalue weighted by Crippen LogP contribution is -2.36. The largest absolute Gasteiger partial charge is 0.491 e. The van der Waals surface area contributed by atoms with Gasteiger partial charge in [0, 0.05) is 24.2 Å². The number of ether oxygens (including phenoxy) is 1. The van der Waals surface area contributed by atoms with Gasteiger partial charge in [0.15, 0.2) is 11.8 Å². The Bertz CT molecular complexity index is 966. The third-order valence-electron chi connectivity index (χ3n) is 4.41. The molecule has 0 unspecified atom stereocenters. The summed E-state index contributed by atoms with van der Waals surface area (Å²) < 4.78 is 5.98. The lowest BCUT2D eigenvalue weighted by atomic mass is 10.1. The Hall–Kier alpha value is -3.35. The molecule has 0 saturated carbocycles. The predicted molar refractivity (Wildman–Crippen MR) is 120 cm³/mol. The number of aromatic amines is 1. The van der Waals surface area contributed by atoms with Gasteiger partial charge in [0.2, 0.25) is 0 Å². The molecule has 1 aromatic heterocycles. The lowest BCUT2D eigenvalue weighted by molar-refractivity contribution is 0.239. The van der Waals surface area contributed by atoms with Crippen molar-refractivity contribution in [3.05, 3.63) is 65.5 Å². The quantitative estimate of drug-likeness (QED) is 0.391. The fraction of sp³-hybridized carbons (Fsp3) is 0.348. The number of nitrogens with zero attached hydrogens (tertiary/aromatic N) is 3. The summed E-state index contributed by atoms with van der Waals surface area (Å²) in [6.45, 7) is 10.2. The molecule has 0 spiro atoms. The second kappa shape index (κ2) is 10.4. The molecule has 158 valence electrons. The van der Waals surface area contributed by atoms with Crippen LogP contribution in [0.25, 0.3) is 11.4 Å². The van der Waals surface area contributed by atoms with Gasteiger partial charge in [-0.15, -0.1) is 0 Å². The van der Waals surface area contributed by atoms with E-state index < -0.39 is 0 Å². The van der Waals surface area contributed by atoms with Crippen molar-refractivity contribution >= 4 is 5.96 Å². The maximum absolute atomic E-state index is 5.98. The van der Waals surface area contributed by atoms with E-state index in [9.17, 15) is 0 Å². The Kier molecular flexibility index (Phi) is 7.43. The zero-order valence-corrected chi connectivity index (χ0v) is 18.1. The number of rotatable bonds is 8. The van der Waals surface area contributed by atoms with Crippen LogP contribution in [0.4, 0.5) is 0 Å². The van der Waals surface area contributed by atoms with Crippen molar-refractivity contribution < 1.29 is 4.74 Å². The van der Waals surface area contributed by atoms with Gasteiger partial charge in [0.25, 0.3) is 0 Å². The molecule has 0 atom stereocenters. The fourth-order valence-electron chi connectivity index (χ4n) is 3.02. The highest BCUT2D eigenvalue weighted by molar-refractivity contribution is 5.79. The Morgan fingerprint density at radius 1 is 1.17 bits per heavy atom. The van der Waals surface area contributed by atoms with Gasteiger partial charge in [-0.2, -0.15) is 5.10 Å². The second-order valence-corrected chi connectivity index (χ2v) is 7.36. The smallest absolute Gasteiger partial charge is 0.191 e. The van der Waals surface area contributed by atoms with Gasteiger partial charge in [-0.05, 0) is 51.0 Å². The topological polar surface area (TPSA) is 87.2 Å². The Morgan fingerprint density at radius 2 is 2.03 bits per heavy atom. The van der Waals surface area contributed by atoms with E-state index >= 15 is 0 Å². The molecule has 0 aliphatic carbocycles. The Labute approximate surface area is 178 Å². The van der Waals surface area contributed by atoms with Crippen molar-refractivity contribution in [3.63, 3.8) is 0 Å². The monoisotopic (exact) mass is 406 g/mol. The molecule has 0 bridgehead atoms. The van der Waals surface area contributed by atoms with Crippen LogP contribution in [-0.4, -0.2) is 33.8 Å². The summed E-state index contributed by atoms with van der Waals surface area (Å²) in [4.78, 5) is 8.95. The zero-order chi connectivity index (χ0) is 21.3. The van der Waals surface area contributed by atoms with Crippen LogP contribution in [0.2, 0.25) is 0 Å². The normalized spacial score (nSPS) is 11.6. The molecule has 0 saturated heterocycles. The van der Waals surface area contributed by atoms with Crippen LogP contribution in [-0.2, 0) is 13.1 Å². The highest BCUT2D eigenvalue weighted by atomic mass is 16.5. The maximum atomic E-state index is 5.98. The molecule has 1 heterocycles. The third-order valence-corrected chi connectivity index (χ3v) is 4.41. The lowest BCUT2D eigenvalue weighted by Gasteiger charge is -2.17. The minimum Gasteiger partial charge on any atom is -0.491 e. The van der Waals surface area contributed by atoms with Crippen LogP contribution in [0.5, 0.6) is 5.75 Å². The van der Waals surface area contributed by atoms with Gasteiger partial charge in [-0.25, -0.2) is 9.98 Å². The summed E-state index contributed by atoms with van der Waals surface area (Å²) in [7, 11) is 0. The number of hydrogen-bond acceptors (Lipinski definition) is 4. The molecule has 0 amide bonds. The van der Waals surface area contributed by atoms with E-state index in [0.29, 0.717) is 13.1 Å². The summed E-state index contributed by atoms with van der Waals surface area (Å²) in [6, 6.07) is 14.4. The number of H-pyrrole nitrogens is 1. The zero-order valence-electron chi connectivity index (χ0n) is 18.1. The van der Waals surface area contributed by atoms with E-state index in [0.717, 1.165) is 40.8 Å². The number of aryl methyl sites for hydroxylation is 1. The third kappa shape index (κ3) is 6.07. The summed E-state index contributed by atoms with van der Waals surface area (Å²) in [5.74, 6) is 2.43. The molecule has 2 aromatic carbocycles. The molecule has 7 heteroatoms. The van der Waals surface area contributed by atoms with Crippen LogP contribution >= 0.6 is 0 Å². The molecule has 30 heavy (non-hydrogen) atoms. The molecule has 3 rings (SSSR count). The minimum absolute atomic E-state index is 0.129. The Balaban J connectivity index is 1.69. The van der Waals surface area contributed by atoms with Crippen molar-refractivity contribution in [3.8, 4) is 17.1 Å². The predicted octanol–water partition coefficient (Wildman–Crippen LogP) is 3.82. The molecular weight excluding hydrogens is 376 g/mol. The summed E-state index contributed by atoms with van der Waals surface area (Å²) >= 11 is 0. The Morgan fingerprint density at radius 3 is 2.77 bits per heavy atom. The van der Waals surface area contributed by atoms with Crippen LogP contribution in [0, 0.1) is 6.92 Å². The van der Waals surface area contributed by atoms with Crippen molar-refractivity contribution in [1.29, 1.82) is 0 Å². The first-order valence-electron chi connectivity index (χ1n) is 10.3. The standard InChI is InChI=1S/C23H30N6O/c1-5-24-23(26-14-20-10-9-17(4)11-21(20)30-16(2)3)25-13-18-7-6-8-19(12-18)22-27-15-28-29-22/h6-12,15-16H,5,13-14H2,1-4H3,(H2,24,25,26)(H,27,28,29). The van der Waals surface area contributed by atoms with Gasteiger partial charge in [0.05, 0.1) is 12.6 Å². The molecular formula is C23H30N6O. The number of aliphatic imine (C=N–C) groups is 1. The van der Waals surface area contributed by atoms with Crippen molar-refractivity contribution in [2.24, 2.45) is 4.99 Å². The summed E-state index contributed by atoms with van der Waals surface area (Å²) in [6.07, 6.45) is 1.64. The molecule has 0 radical (unpaired) electrons. The van der Waals surface area contributed by atoms with Crippen LogP contribution in [0.3, 0.4) is 0 Å². The number of nitrogens with one attached hydrogen (secondary N) is 3. The van der Waals surface area contributed by atoms with Gasteiger partial charge >= 0.3 is 0 Å². The number of guanidine groups is 1. The van der Waals surface area contributed by atoms with Crippen molar-refractivity contribution in [1.82, 2.24) is 25.8 Å². The maximum Gasteiger partial charge on any atom is 0.191 e. The summed E-state index contributed by atoms with van der Waals surface area (Å²) in [5, 5.41) is 13.5. The van der Waals surface area contributed by atoms with E-state index in [-0.39, 0.29) is 6.10 Å². The van der Waals surface area contributed by atoms with E-state index in [2.05, 4.69) is 70.0 Å². The SMILES string of the molecule is CCNC(=NCc1cccc(-c2ncn[nH]2)c1)NCc1ccc(C)cc1OC(C)C. The molecule has 0 fully saturated rings. The molecule has 7 nitrogen and oxygen atoms in total. The van der Waals surface area contributed by atoms with Gasteiger partial charge < -0.3 is 15.4 Å². The summed E-state index contributed by atoms with van der Waals surface area (Å²) in [5.41, 5.74) is 4.38. The first-order valence-corrected chi connectivity index (χ1v) is 10.3. The first kappa shape index (κ1) is 21.4. The van der Waals surface area contributed by atoms with Gasteiger partial charge in [-0.3, -0.25) is 5.10 Å². The van der Waals surface area contributed by atoms with Crippen LogP contribution in [0.1, 0.15) is 37.5 Å². The first-order chi connectivity index (χ1) is 14.5. The van der Waals surface area contributed by atoms with Crippen LogP contribution < -0.4 is 15.4 Å². The number of benzene rings is 2. The van der Waals surface area contributed by atoms with Crippen LogP contribution in [0.15, 0.2) is 53.8 Å². The highest BCUT2D eigenvalue weighted by Gasteiger charge is 2.08. The number of hydrogen-bond donors (Lipinski definition) is 3. The molecule has 3 N–H and O–H groups in total. The molecule has 3 aromatic rings. The molecule has 0 aliphatic heterocycles. The second-order valence-electron chi connectivity index (χ2n) is 7.36. The van der Waals surface area contributed by atoms with Crippen molar-refractivity contribution in [2.75, 3.05) is 6.54 Å². The average Bonchev–Trinajstić information content (AvgIpc) is 3.26. The van der Waals surface area contributed by atoms with Crippen molar-refractivity contribution in [2.45, 2.75) is 46.9 Å². The average molecular weight is 407 g/mol. The van der Waals surface area contributed by atoms with Gasteiger partial charge in [0.1, 0.15) is 12.1 Å². The number of aromatic nitrogens is 3. The van der Waals surface area contributed by atoms with E-state index in [4.69, 9.17) is 9.73 Å². The van der Waals surface area contributed by atoms with E-state index in [1.165, 1.54) is 11.9 Å². The van der Waals surface area contributed by atoms with E-state index in [1.807, 2.05) is 26.0 Å². The van der Waals surface area contributed by atoms with Gasteiger partial charge in [-0.1, -0.05) is 30.3 Å². The minimum atomic E-state index is 0.129.